The Bertz CT molecular complexity index is 1110. The van der Waals surface area contributed by atoms with E-state index in [0.29, 0.717) is 29.5 Å². The molecule has 202 valence electrons. The zero-order chi connectivity index (χ0) is 25.8. The fraction of sp³-hybridized carbons (Fsp3) is 0.731. The number of anilines is 2. The molecule has 2 atom stereocenters. The van der Waals surface area contributed by atoms with Crippen LogP contribution in [-0.2, 0) is 4.74 Å². The summed E-state index contributed by atoms with van der Waals surface area (Å²) in [5.41, 5.74) is 0.861. The molecular formula is C26H40N8O3. The molecule has 11 heteroatoms. The lowest BCUT2D eigenvalue weighted by atomic mass is 9.80. The van der Waals surface area contributed by atoms with Gasteiger partial charge in [-0.2, -0.15) is 0 Å². The second-order valence-electron chi connectivity index (χ2n) is 10.9. The van der Waals surface area contributed by atoms with Crippen LogP contribution in [0.25, 0.3) is 11.6 Å². The van der Waals surface area contributed by atoms with Crippen LogP contribution in [0.1, 0.15) is 65.2 Å². The molecule has 37 heavy (non-hydrogen) atoms. The Kier molecular flexibility index (Phi) is 8.19. The Balaban J connectivity index is 1.55. The van der Waals surface area contributed by atoms with Gasteiger partial charge in [-0.25, -0.2) is 19.8 Å². The lowest BCUT2D eigenvalue weighted by molar-refractivity contribution is -0.000476. The number of nitrogens with one attached hydrogen (secondary N) is 2. The molecule has 3 heterocycles. The molecule has 2 aromatic heterocycles. The third-order valence-corrected chi connectivity index (χ3v) is 8.27. The molecule has 0 bridgehead atoms. The van der Waals surface area contributed by atoms with Gasteiger partial charge in [0.15, 0.2) is 11.6 Å². The largest absolute Gasteiger partial charge is 0.439 e. The summed E-state index contributed by atoms with van der Waals surface area (Å²) in [7, 11) is 0. The highest BCUT2D eigenvalue weighted by Crippen LogP contribution is 2.39. The van der Waals surface area contributed by atoms with Gasteiger partial charge in [-0.05, 0) is 58.1 Å². The highest BCUT2D eigenvalue weighted by Gasteiger charge is 2.31. The molecule has 2 aliphatic carbocycles. The van der Waals surface area contributed by atoms with E-state index in [2.05, 4.69) is 50.8 Å². The minimum atomic E-state index is -0.645. The zero-order valence-corrected chi connectivity index (χ0v) is 22.1. The summed E-state index contributed by atoms with van der Waals surface area (Å²) in [6.45, 7) is 12.3. The number of aliphatic imine (C=N–C) groups is 1. The number of aromatic amines is 1. The molecule has 2 N–H and O–H groups in total. The van der Waals surface area contributed by atoms with Crippen LogP contribution in [0.2, 0.25) is 0 Å². The van der Waals surface area contributed by atoms with Crippen molar-refractivity contribution < 1.29 is 9.26 Å². The van der Waals surface area contributed by atoms with E-state index in [1.807, 2.05) is 0 Å². The van der Waals surface area contributed by atoms with Crippen molar-refractivity contribution in [1.29, 1.82) is 0 Å². The van der Waals surface area contributed by atoms with Gasteiger partial charge in [0.25, 0.3) is 0 Å². The number of rotatable bonds is 10. The summed E-state index contributed by atoms with van der Waals surface area (Å²) < 4.78 is 10.4. The van der Waals surface area contributed by atoms with Crippen LogP contribution in [0.5, 0.6) is 0 Å². The SMILES string of the molecule is C=Nc1nc(-c2noc(=O)[nH]2)nc(N[C@H](C)C2CCC2)c1N(CC1CCCCC1)CN1CCOC[C@@H]1C. The van der Waals surface area contributed by atoms with Crippen molar-refractivity contribution in [3.05, 3.63) is 10.6 Å². The summed E-state index contributed by atoms with van der Waals surface area (Å²) in [6.07, 6.45) is 10.0. The van der Waals surface area contributed by atoms with E-state index >= 15 is 0 Å². The number of ether oxygens (including phenoxy) is 1. The fourth-order valence-electron chi connectivity index (χ4n) is 5.74. The van der Waals surface area contributed by atoms with Gasteiger partial charge in [0.1, 0.15) is 5.69 Å². The van der Waals surface area contributed by atoms with Gasteiger partial charge < -0.3 is 15.0 Å². The maximum absolute atomic E-state index is 11.6. The quantitative estimate of drug-likeness (QED) is 0.457. The Morgan fingerprint density at radius 2 is 2.03 bits per heavy atom. The van der Waals surface area contributed by atoms with Gasteiger partial charge in [0.2, 0.25) is 11.6 Å². The maximum Gasteiger partial charge on any atom is 0.439 e. The lowest BCUT2D eigenvalue weighted by Crippen LogP contribution is -2.50. The Morgan fingerprint density at radius 1 is 1.22 bits per heavy atom. The molecule has 2 aromatic rings. The first-order valence-electron chi connectivity index (χ1n) is 13.8. The van der Waals surface area contributed by atoms with E-state index in [4.69, 9.17) is 19.2 Å². The molecule has 0 spiro atoms. The van der Waals surface area contributed by atoms with Crippen molar-refractivity contribution in [3.63, 3.8) is 0 Å². The van der Waals surface area contributed by atoms with Crippen LogP contribution >= 0.6 is 0 Å². The standard InChI is InChI=1S/C26H40N8O3/c1-17-15-36-13-12-33(17)16-34(14-19-8-5-4-6-9-19)21-22(27-3)29-24(25-31-26(35)37-32-25)30-23(21)28-18(2)20-10-7-11-20/h17-20H,3-16H2,1-2H3,(H,28,29,30)(H,31,32,35)/t17-,18+/m0/s1. The van der Waals surface area contributed by atoms with E-state index in [1.165, 1.54) is 51.4 Å². The lowest BCUT2D eigenvalue weighted by Gasteiger charge is -2.41. The minimum Gasteiger partial charge on any atom is -0.379 e. The zero-order valence-electron chi connectivity index (χ0n) is 22.1. The van der Waals surface area contributed by atoms with Gasteiger partial charge in [-0.1, -0.05) is 30.8 Å². The monoisotopic (exact) mass is 512 g/mol. The van der Waals surface area contributed by atoms with Crippen molar-refractivity contribution in [2.45, 2.75) is 77.3 Å². The molecule has 11 nitrogen and oxygen atoms in total. The number of morpholine rings is 1. The van der Waals surface area contributed by atoms with Gasteiger partial charge in [0, 0.05) is 25.2 Å². The summed E-state index contributed by atoms with van der Waals surface area (Å²) in [5, 5.41) is 7.52. The smallest absolute Gasteiger partial charge is 0.379 e. The van der Waals surface area contributed by atoms with Crippen molar-refractivity contribution >= 4 is 24.0 Å². The Morgan fingerprint density at radius 3 is 2.68 bits per heavy atom. The van der Waals surface area contributed by atoms with Crippen molar-refractivity contribution in [3.8, 4) is 11.6 Å². The van der Waals surface area contributed by atoms with Crippen molar-refractivity contribution in [1.82, 2.24) is 25.0 Å². The van der Waals surface area contributed by atoms with E-state index in [0.717, 1.165) is 38.7 Å². The molecule has 0 amide bonds. The van der Waals surface area contributed by atoms with Crippen LogP contribution in [0, 0.1) is 11.8 Å². The highest BCUT2D eigenvalue weighted by atomic mass is 16.5. The predicted molar refractivity (Wildman–Crippen MR) is 144 cm³/mol. The van der Waals surface area contributed by atoms with E-state index in [-0.39, 0.29) is 17.7 Å². The van der Waals surface area contributed by atoms with Crippen LogP contribution in [0.4, 0.5) is 17.3 Å². The first-order valence-corrected chi connectivity index (χ1v) is 13.8. The molecule has 3 aliphatic rings. The first kappa shape index (κ1) is 25.8. The van der Waals surface area contributed by atoms with Crippen molar-refractivity contribution in [2.24, 2.45) is 16.8 Å². The molecule has 1 saturated heterocycles. The topological polar surface area (TPSA) is 125 Å². The third kappa shape index (κ3) is 6.04. The molecule has 2 saturated carbocycles. The molecule has 0 radical (unpaired) electrons. The van der Waals surface area contributed by atoms with Crippen LogP contribution in [-0.4, -0.2) is 76.8 Å². The number of H-pyrrole nitrogens is 1. The summed E-state index contributed by atoms with van der Waals surface area (Å²) in [4.78, 5) is 33.0. The van der Waals surface area contributed by atoms with E-state index in [9.17, 15) is 4.79 Å². The average molecular weight is 513 g/mol. The van der Waals surface area contributed by atoms with Gasteiger partial charge in [-0.3, -0.25) is 14.4 Å². The molecule has 0 unspecified atom stereocenters. The average Bonchev–Trinajstić information content (AvgIpc) is 3.30. The van der Waals surface area contributed by atoms with Crippen LogP contribution in [0.15, 0.2) is 14.3 Å². The summed E-state index contributed by atoms with van der Waals surface area (Å²) in [6, 6.07) is 0.552. The van der Waals surface area contributed by atoms with Crippen LogP contribution in [0.3, 0.4) is 0 Å². The summed E-state index contributed by atoms with van der Waals surface area (Å²) >= 11 is 0. The second kappa shape index (κ2) is 11.7. The highest BCUT2D eigenvalue weighted by molar-refractivity contribution is 5.79. The number of aromatic nitrogens is 4. The predicted octanol–water partition coefficient (Wildman–Crippen LogP) is 3.82. The number of hydrogen-bond donors (Lipinski definition) is 2. The van der Waals surface area contributed by atoms with Gasteiger partial charge >= 0.3 is 5.76 Å². The minimum absolute atomic E-state index is 0.182. The third-order valence-electron chi connectivity index (χ3n) is 8.27. The van der Waals surface area contributed by atoms with Gasteiger partial charge in [-0.15, -0.1) is 0 Å². The van der Waals surface area contributed by atoms with E-state index < -0.39 is 5.76 Å². The second-order valence-corrected chi connectivity index (χ2v) is 10.9. The summed E-state index contributed by atoms with van der Waals surface area (Å²) in [5.74, 6) is 2.18. The van der Waals surface area contributed by atoms with Gasteiger partial charge in [0.05, 0.1) is 19.9 Å². The van der Waals surface area contributed by atoms with Crippen molar-refractivity contribution in [2.75, 3.05) is 43.2 Å². The number of hydrogen-bond acceptors (Lipinski definition) is 10. The molecule has 5 rings (SSSR count). The Labute approximate surface area is 218 Å². The Hall–Kier alpha value is -2.79. The molecule has 3 fully saturated rings. The fourth-order valence-corrected chi connectivity index (χ4v) is 5.74. The molecular weight excluding hydrogens is 472 g/mol. The normalized spacial score (nSPS) is 22.4. The molecule has 0 aromatic carbocycles. The first-order chi connectivity index (χ1) is 18.0. The number of nitrogens with zero attached hydrogens (tertiary/aromatic N) is 6. The maximum atomic E-state index is 11.6. The molecule has 1 aliphatic heterocycles. The van der Waals surface area contributed by atoms with Crippen LogP contribution < -0.4 is 16.0 Å². The van der Waals surface area contributed by atoms with E-state index in [1.54, 1.807) is 0 Å².